The van der Waals surface area contributed by atoms with Gasteiger partial charge < -0.3 is 20.5 Å². The number of carboxylic acid groups (broad SMARTS) is 1. The van der Waals surface area contributed by atoms with Crippen molar-refractivity contribution in [2.24, 2.45) is 11.8 Å². The Morgan fingerprint density at radius 3 is 2.26 bits per heavy atom. The van der Waals surface area contributed by atoms with Crippen LogP contribution in [0.2, 0.25) is 0 Å². The van der Waals surface area contributed by atoms with Crippen molar-refractivity contribution in [3.8, 4) is 11.1 Å². The van der Waals surface area contributed by atoms with Crippen LogP contribution in [-0.4, -0.2) is 41.8 Å². The van der Waals surface area contributed by atoms with Gasteiger partial charge in [0.1, 0.15) is 12.6 Å². The average Bonchev–Trinajstić information content (AvgIpc) is 3.15. The summed E-state index contributed by atoms with van der Waals surface area (Å²) in [5, 5.41) is 15.0. The van der Waals surface area contributed by atoms with E-state index in [2.05, 4.69) is 34.9 Å². The fourth-order valence-electron chi connectivity index (χ4n) is 5.41. The minimum absolute atomic E-state index is 0.0514. The Morgan fingerprint density at radius 2 is 1.66 bits per heavy atom. The number of allylic oxidation sites excluding steroid dienone is 1. The molecule has 7 nitrogen and oxygen atoms in total. The SMILES string of the molecule is O=C(NC(C(=O)N[C@@H]1C=CC[C@@H](C(=O)O)C1)C1CCC1)OCC1c2ccccc2-c2ccccc21. The van der Waals surface area contributed by atoms with Gasteiger partial charge in [0.2, 0.25) is 5.91 Å². The molecular formula is C28H30N2O5. The predicted octanol–water partition coefficient (Wildman–Crippen LogP) is 4.23. The minimum Gasteiger partial charge on any atom is -0.481 e. The molecule has 0 heterocycles. The summed E-state index contributed by atoms with van der Waals surface area (Å²) in [5.74, 6) is -1.66. The number of carbonyl (C=O) groups excluding carboxylic acids is 2. The van der Waals surface area contributed by atoms with Gasteiger partial charge in [0.15, 0.2) is 0 Å². The molecule has 3 atom stereocenters. The van der Waals surface area contributed by atoms with Crippen molar-refractivity contribution in [3.63, 3.8) is 0 Å². The first kappa shape index (κ1) is 23.1. The van der Waals surface area contributed by atoms with Gasteiger partial charge in [0, 0.05) is 12.0 Å². The first-order chi connectivity index (χ1) is 17.0. The van der Waals surface area contributed by atoms with Crippen molar-refractivity contribution >= 4 is 18.0 Å². The third-order valence-corrected chi connectivity index (χ3v) is 7.53. The molecule has 182 valence electrons. The van der Waals surface area contributed by atoms with E-state index in [1.54, 1.807) is 6.08 Å². The highest BCUT2D eigenvalue weighted by Gasteiger charge is 2.36. The molecule has 0 aromatic heterocycles. The molecule has 1 fully saturated rings. The van der Waals surface area contributed by atoms with Crippen molar-refractivity contribution in [2.45, 2.75) is 50.1 Å². The number of carbonyl (C=O) groups is 3. The van der Waals surface area contributed by atoms with Crippen molar-refractivity contribution < 1.29 is 24.2 Å². The molecule has 2 aromatic rings. The first-order valence-electron chi connectivity index (χ1n) is 12.3. The van der Waals surface area contributed by atoms with Crippen LogP contribution in [0.3, 0.4) is 0 Å². The summed E-state index contributed by atoms with van der Waals surface area (Å²) in [7, 11) is 0. The van der Waals surface area contributed by atoms with Crippen molar-refractivity contribution in [3.05, 3.63) is 71.8 Å². The van der Waals surface area contributed by atoms with Gasteiger partial charge in [-0.3, -0.25) is 9.59 Å². The molecule has 3 N–H and O–H groups in total. The highest BCUT2D eigenvalue weighted by Crippen LogP contribution is 2.44. The minimum atomic E-state index is -0.860. The van der Waals surface area contributed by atoms with Crippen LogP contribution in [0, 0.1) is 11.8 Å². The molecule has 3 aliphatic rings. The maximum Gasteiger partial charge on any atom is 0.407 e. The third-order valence-electron chi connectivity index (χ3n) is 7.53. The van der Waals surface area contributed by atoms with Crippen LogP contribution in [0.15, 0.2) is 60.7 Å². The molecule has 0 bridgehead atoms. The summed E-state index contributed by atoms with van der Waals surface area (Å²) in [5.41, 5.74) is 4.58. The Morgan fingerprint density at radius 1 is 1.00 bits per heavy atom. The van der Waals surface area contributed by atoms with Crippen LogP contribution in [0.4, 0.5) is 4.79 Å². The Hall–Kier alpha value is -3.61. The Labute approximate surface area is 204 Å². The van der Waals surface area contributed by atoms with Crippen molar-refractivity contribution in [2.75, 3.05) is 6.61 Å². The van der Waals surface area contributed by atoms with E-state index in [0.717, 1.165) is 41.5 Å². The predicted molar refractivity (Wildman–Crippen MR) is 131 cm³/mol. The quantitative estimate of drug-likeness (QED) is 0.521. The second-order valence-electron chi connectivity index (χ2n) is 9.69. The number of aliphatic carboxylic acids is 1. The maximum absolute atomic E-state index is 13.1. The largest absolute Gasteiger partial charge is 0.481 e. The van der Waals surface area contributed by atoms with E-state index < -0.39 is 24.0 Å². The molecule has 35 heavy (non-hydrogen) atoms. The average molecular weight is 475 g/mol. The lowest BCUT2D eigenvalue weighted by Crippen LogP contribution is -2.55. The van der Waals surface area contributed by atoms with E-state index in [-0.39, 0.29) is 30.4 Å². The maximum atomic E-state index is 13.1. The fraction of sp³-hybridized carbons (Fsp3) is 0.393. The zero-order valence-electron chi connectivity index (χ0n) is 19.5. The number of alkyl carbamates (subject to hydrolysis) is 1. The molecule has 0 radical (unpaired) electrons. The van der Waals surface area contributed by atoms with Crippen LogP contribution in [0.5, 0.6) is 0 Å². The number of fused-ring (bicyclic) bond motifs is 3. The second kappa shape index (κ2) is 9.94. The third kappa shape index (κ3) is 4.81. The molecule has 3 aliphatic carbocycles. The molecule has 0 spiro atoms. The summed E-state index contributed by atoms with van der Waals surface area (Å²) >= 11 is 0. The molecule has 1 unspecified atom stereocenters. The summed E-state index contributed by atoms with van der Waals surface area (Å²) < 4.78 is 5.66. The van der Waals surface area contributed by atoms with E-state index >= 15 is 0 Å². The topological polar surface area (TPSA) is 105 Å². The van der Waals surface area contributed by atoms with Gasteiger partial charge in [-0.2, -0.15) is 0 Å². The number of amides is 2. The standard InChI is InChI=1S/C28H30N2O5/c31-26(29-19-10-6-9-18(15-19)27(32)33)25(17-7-5-8-17)30-28(34)35-16-24-22-13-3-1-11-20(22)21-12-2-4-14-23(21)24/h1-4,6,10-14,17-19,24-25H,5,7-9,15-16H2,(H,29,31)(H,30,34)(H,32,33)/t18-,19-,25?/m1/s1. The van der Waals surface area contributed by atoms with E-state index in [9.17, 15) is 19.5 Å². The Bertz CT molecular complexity index is 1110. The Kier molecular flexibility index (Phi) is 6.57. The highest BCUT2D eigenvalue weighted by atomic mass is 16.5. The van der Waals surface area contributed by atoms with E-state index in [1.165, 1.54) is 0 Å². The normalized spacial score (nSPS) is 21.8. The van der Waals surface area contributed by atoms with E-state index in [4.69, 9.17) is 4.74 Å². The van der Waals surface area contributed by atoms with Crippen molar-refractivity contribution in [1.82, 2.24) is 10.6 Å². The molecule has 5 rings (SSSR count). The lowest BCUT2D eigenvalue weighted by atomic mass is 9.79. The molecule has 2 aromatic carbocycles. The van der Waals surface area contributed by atoms with Crippen LogP contribution < -0.4 is 10.6 Å². The van der Waals surface area contributed by atoms with Gasteiger partial charge >= 0.3 is 12.1 Å². The van der Waals surface area contributed by atoms with Gasteiger partial charge in [0.05, 0.1) is 5.92 Å². The van der Waals surface area contributed by atoms with Gasteiger partial charge in [-0.15, -0.1) is 0 Å². The van der Waals surface area contributed by atoms with Gasteiger partial charge in [-0.25, -0.2) is 4.79 Å². The number of hydrogen-bond donors (Lipinski definition) is 3. The number of nitrogens with one attached hydrogen (secondary N) is 2. The summed E-state index contributed by atoms with van der Waals surface area (Å²) in [6.07, 6.45) is 6.57. The van der Waals surface area contributed by atoms with Crippen LogP contribution in [-0.2, 0) is 14.3 Å². The monoisotopic (exact) mass is 474 g/mol. The van der Waals surface area contributed by atoms with Crippen LogP contribution in [0.25, 0.3) is 11.1 Å². The number of rotatable bonds is 7. The molecule has 1 saturated carbocycles. The van der Waals surface area contributed by atoms with Gasteiger partial charge in [-0.1, -0.05) is 67.1 Å². The van der Waals surface area contributed by atoms with Crippen LogP contribution >= 0.6 is 0 Å². The first-order valence-corrected chi connectivity index (χ1v) is 12.3. The summed E-state index contributed by atoms with van der Waals surface area (Å²) in [6, 6.07) is 15.2. The zero-order chi connectivity index (χ0) is 24.4. The van der Waals surface area contributed by atoms with Crippen LogP contribution in [0.1, 0.15) is 49.1 Å². The number of carboxylic acids is 1. The van der Waals surface area contributed by atoms with E-state index in [1.807, 2.05) is 30.3 Å². The van der Waals surface area contributed by atoms with Gasteiger partial charge in [0.25, 0.3) is 0 Å². The molecular weight excluding hydrogens is 444 g/mol. The number of ether oxygens (including phenoxy) is 1. The smallest absolute Gasteiger partial charge is 0.407 e. The lowest BCUT2D eigenvalue weighted by Gasteiger charge is -2.34. The number of hydrogen-bond acceptors (Lipinski definition) is 4. The molecule has 7 heteroatoms. The zero-order valence-corrected chi connectivity index (χ0v) is 19.5. The van der Waals surface area contributed by atoms with Crippen molar-refractivity contribution in [1.29, 1.82) is 0 Å². The highest BCUT2D eigenvalue weighted by molar-refractivity contribution is 5.86. The summed E-state index contributed by atoms with van der Waals surface area (Å²) in [6.45, 7) is 0.185. The molecule has 0 saturated heterocycles. The molecule has 2 amide bonds. The fourth-order valence-corrected chi connectivity index (χ4v) is 5.41. The molecule has 0 aliphatic heterocycles. The summed E-state index contributed by atoms with van der Waals surface area (Å²) in [4.78, 5) is 37.2. The number of benzene rings is 2. The lowest BCUT2D eigenvalue weighted by molar-refractivity contribution is -0.142. The van der Waals surface area contributed by atoms with Gasteiger partial charge in [-0.05, 0) is 53.9 Å². The van der Waals surface area contributed by atoms with E-state index in [0.29, 0.717) is 12.8 Å². The second-order valence-corrected chi connectivity index (χ2v) is 9.69. The Balaban J connectivity index is 1.22.